The van der Waals surface area contributed by atoms with Gasteiger partial charge in [-0.2, -0.15) is 0 Å². The van der Waals surface area contributed by atoms with Gasteiger partial charge in [-0.15, -0.1) is 5.10 Å². The maximum Gasteiger partial charge on any atom is 0.233 e. The summed E-state index contributed by atoms with van der Waals surface area (Å²) in [5.74, 6) is 1.44. The Balaban J connectivity index is 1.43. The first-order chi connectivity index (χ1) is 13.9. The van der Waals surface area contributed by atoms with Crippen molar-refractivity contribution in [1.82, 2.24) is 20.1 Å². The molecule has 1 aliphatic carbocycles. The molecule has 1 N–H and O–H groups in total. The van der Waals surface area contributed by atoms with Gasteiger partial charge in [0.25, 0.3) is 0 Å². The van der Waals surface area contributed by atoms with Gasteiger partial charge in [-0.3, -0.25) is 9.89 Å². The van der Waals surface area contributed by atoms with E-state index in [9.17, 15) is 13.2 Å². The van der Waals surface area contributed by atoms with Crippen molar-refractivity contribution < 1.29 is 17.9 Å². The van der Waals surface area contributed by atoms with Crippen molar-refractivity contribution in [3.63, 3.8) is 0 Å². The van der Waals surface area contributed by atoms with Crippen molar-refractivity contribution in [2.75, 3.05) is 24.4 Å². The number of nitrogens with zero attached hydrogens (tertiary/aromatic N) is 3. The summed E-state index contributed by atoms with van der Waals surface area (Å²) in [6, 6.07) is 5.17. The number of hydrogen-bond acceptors (Lipinski definition) is 7. The van der Waals surface area contributed by atoms with E-state index in [0.29, 0.717) is 33.7 Å². The molecule has 1 atom stereocenters. The monoisotopic (exact) mass is 456 g/mol. The van der Waals surface area contributed by atoms with Crippen molar-refractivity contribution in [2.24, 2.45) is 0 Å². The third-order valence-corrected chi connectivity index (χ3v) is 7.85. The van der Waals surface area contributed by atoms with Crippen molar-refractivity contribution in [3.05, 3.63) is 23.2 Å². The van der Waals surface area contributed by atoms with Crippen LogP contribution in [0.2, 0.25) is 5.02 Å². The van der Waals surface area contributed by atoms with E-state index >= 15 is 0 Å². The number of rotatable bonds is 7. The predicted molar refractivity (Wildman–Crippen MR) is 111 cm³/mol. The molecule has 0 radical (unpaired) electrons. The van der Waals surface area contributed by atoms with Crippen LogP contribution >= 0.6 is 23.4 Å². The lowest BCUT2D eigenvalue weighted by molar-refractivity contribution is -0.130. The molecular weight excluding hydrogens is 436 g/mol. The summed E-state index contributed by atoms with van der Waals surface area (Å²) >= 11 is 7.30. The number of methoxy groups -OCH3 is 1. The van der Waals surface area contributed by atoms with Gasteiger partial charge in [-0.05, 0) is 37.5 Å². The van der Waals surface area contributed by atoms with E-state index < -0.39 is 9.84 Å². The summed E-state index contributed by atoms with van der Waals surface area (Å²) in [6.07, 6.45) is 2.40. The average molecular weight is 457 g/mol. The summed E-state index contributed by atoms with van der Waals surface area (Å²) in [7, 11) is -1.47. The number of H-pyrrole nitrogens is 1. The molecule has 11 heteroatoms. The van der Waals surface area contributed by atoms with Crippen LogP contribution in [0.15, 0.2) is 23.4 Å². The maximum absolute atomic E-state index is 12.8. The number of carbonyl (C=O) groups excluding carboxylic acids is 1. The highest BCUT2D eigenvalue weighted by atomic mass is 35.5. The van der Waals surface area contributed by atoms with Gasteiger partial charge in [0, 0.05) is 17.1 Å². The Kier molecular flexibility index (Phi) is 5.76. The highest BCUT2D eigenvalue weighted by molar-refractivity contribution is 7.99. The first kappa shape index (κ1) is 20.5. The average Bonchev–Trinajstić information content (AvgIpc) is 3.28. The van der Waals surface area contributed by atoms with Crippen LogP contribution in [-0.2, 0) is 14.6 Å². The van der Waals surface area contributed by atoms with Gasteiger partial charge in [0.15, 0.2) is 15.7 Å². The number of nitrogens with one attached hydrogen (secondary N) is 1. The summed E-state index contributed by atoms with van der Waals surface area (Å²) in [4.78, 5) is 19.0. The highest BCUT2D eigenvalue weighted by Gasteiger charge is 2.41. The van der Waals surface area contributed by atoms with Gasteiger partial charge in [0.1, 0.15) is 5.75 Å². The fourth-order valence-corrected chi connectivity index (χ4v) is 6.10. The van der Waals surface area contributed by atoms with E-state index in [1.807, 2.05) is 0 Å². The van der Waals surface area contributed by atoms with Gasteiger partial charge < -0.3 is 9.64 Å². The number of aromatic amines is 1. The summed E-state index contributed by atoms with van der Waals surface area (Å²) in [6.45, 7) is 0. The molecule has 29 heavy (non-hydrogen) atoms. The fourth-order valence-electron chi connectivity index (χ4n) is 3.55. The molecule has 1 aliphatic heterocycles. The standard InChI is InChI=1S/C18H21ClN4O4S2/c1-27-15-5-2-11(19)8-14(15)17-20-18(22-21-17)28-9-16(24)23(12-3-4-12)13-6-7-29(25,26)10-13/h2,5,8,12-13H,3-4,6-7,9-10H2,1H3,(H,20,21,22)/t13-/m1/s1. The predicted octanol–water partition coefficient (Wildman–Crippen LogP) is 2.40. The number of benzene rings is 1. The molecule has 1 aromatic heterocycles. The third kappa shape index (κ3) is 4.70. The van der Waals surface area contributed by atoms with E-state index in [2.05, 4.69) is 15.2 Å². The third-order valence-electron chi connectivity index (χ3n) is 5.04. The van der Waals surface area contributed by atoms with Crippen LogP contribution in [0.3, 0.4) is 0 Å². The second kappa shape index (κ2) is 8.16. The fraction of sp³-hybridized carbons (Fsp3) is 0.500. The Hall–Kier alpha value is -1.78. The SMILES string of the molecule is COc1ccc(Cl)cc1-c1nc(SCC(=O)N(C2CC2)[C@@H]2CCS(=O)(=O)C2)n[nH]1. The molecule has 2 aliphatic rings. The van der Waals surface area contributed by atoms with Crippen molar-refractivity contribution in [1.29, 1.82) is 0 Å². The van der Waals surface area contributed by atoms with Gasteiger partial charge in [0.2, 0.25) is 11.1 Å². The molecule has 2 heterocycles. The number of thioether (sulfide) groups is 1. The van der Waals surface area contributed by atoms with Crippen LogP contribution in [0.25, 0.3) is 11.4 Å². The number of carbonyl (C=O) groups is 1. The Morgan fingerprint density at radius 2 is 2.14 bits per heavy atom. The lowest BCUT2D eigenvalue weighted by Gasteiger charge is -2.28. The number of amides is 1. The second-order valence-electron chi connectivity index (χ2n) is 7.19. The molecule has 156 valence electrons. The first-order valence-electron chi connectivity index (χ1n) is 9.27. The van der Waals surface area contributed by atoms with Crippen LogP contribution < -0.4 is 4.74 Å². The molecule has 2 fully saturated rings. The number of hydrogen-bond donors (Lipinski definition) is 1. The minimum atomic E-state index is -3.04. The molecule has 1 amide bonds. The molecule has 1 aromatic carbocycles. The van der Waals surface area contributed by atoms with E-state index in [1.54, 1.807) is 30.2 Å². The summed E-state index contributed by atoms with van der Waals surface area (Å²) in [5, 5.41) is 8.01. The quantitative estimate of drug-likeness (QED) is 0.637. The normalized spacial score (nSPS) is 20.6. The Morgan fingerprint density at radius 3 is 2.79 bits per heavy atom. The van der Waals surface area contributed by atoms with E-state index in [1.165, 1.54) is 11.8 Å². The van der Waals surface area contributed by atoms with Gasteiger partial charge >= 0.3 is 0 Å². The topological polar surface area (TPSA) is 105 Å². The molecular formula is C18H21ClN4O4S2. The van der Waals surface area contributed by atoms with Gasteiger partial charge in [-0.1, -0.05) is 23.4 Å². The molecule has 8 nitrogen and oxygen atoms in total. The summed E-state index contributed by atoms with van der Waals surface area (Å²) in [5.41, 5.74) is 0.682. The smallest absolute Gasteiger partial charge is 0.233 e. The molecule has 0 bridgehead atoms. The van der Waals surface area contributed by atoms with Crippen molar-refractivity contribution >= 4 is 39.1 Å². The highest BCUT2D eigenvalue weighted by Crippen LogP contribution is 2.34. The van der Waals surface area contributed by atoms with Crippen LogP contribution in [0.1, 0.15) is 19.3 Å². The minimum Gasteiger partial charge on any atom is -0.496 e. The zero-order chi connectivity index (χ0) is 20.6. The van der Waals surface area contributed by atoms with Gasteiger partial charge in [-0.25, -0.2) is 13.4 Å². The lowest BCUT2D eigenvalue weighted by Crippen LogP contribution is -2.43. The Bertz CT molecular complexity index is 1020. The maximum atomic E-state index is 12.8. The van der Waals surface area contributed by atoms with E-state index in [-0.39, 0.29) is 35.2 Å². The van der Waals surface area contributed by atoms with Crippen LogP contribution in [0.5, 0.6) is 5.75 Å². The van der Waals surface area contributed by atoms with E-state index in [0.717, 1.165) is 12.8 Å². The second-order valence-corrected chi connectivity index (χ2v) is 10.8. The van der Waals surface area contributed by atoms with Crippen LogP contribution in [0, 0.1) is 0 Å². The van der Waals surface area contributed by atoms with E-state index in [4.69, 9.17) is 16.3 Å². The zero-order valence-electron chi connectivity index (χ0n) is 15.8. The number of aromatic nitrogens is 3. The first-order valence-corrected chi connectivity index (χ1v) is 12.5. The summed E-state index contributed by atoms with van der Waals surface area (Å²) < 4.78 is 29.0. The van der Waals surface area contributed by atoms with Crippen molar-refractivity contribution in [3.8, 4) is 17.1 Å². The minimum absolute atomic E-state index is 0.0636. The van der Waals surface area contributed by atoms with Crippen LogP contribution in [0.4, 0.5) is 0 Å². The molecule has 1 saturated heterocycles. The van der Waals surface area contributed by atoms with Gasteiger partial charge in [0.05, 0.1) is 29.9 Å². The molecule has 0 unspecified atom stereocenters. The van der Waals surface area contributed by atoms with Crippen LogP contribution in [-0.4, -0.2) is 70.9 Å². The molecule has 2 aromatic rings. The number of halogens is 1. The number of sulfone groups is 1. The zero-order valence-corrected chi connectivity index (χ0v) is 18.2. The molecule has 0 spiro atoms. The Labute approximate surface area is 178 Å². The number of ether oxygens (including phenoxy) is 1. The largest absolute Gasteiger partial charge is 0.496 e. The molecule has 1 saturated carbocycles. The lowest BCUT2D eigenvalue weighted by atomic mass is 10.2. The Morgan fingerprint density at radius 1 is 1.34 bits per heavy atom. The van der Waals surface area contributed by atoms with Crippen molar-refractivity contribution in [2.45, 2.75) is 36.5 Å². The molecule has 4 rings (SSSR count).